The molecule has 1 heterocycles. The fraction of sp³-hybridized carbons (Fsp3) is 0.571. The van der Waals surface area contributed by atoms with Gasteiger partial charge in [-0.15, -0.1) is 0 Å². The summed E-state index contributed by atoms with van der Waals surface area (Å²) < 4.78 is 5.04. The molecular weight excluding hydrogens is 396 g/mol. The molecule has 0 fully saturated rings. The van der Waals surface area contributed by atoms with Crippen molar-refractivity contribution in [3.63, 3.8) is 0 Å². The number of aromatic nitrogens is 2. The number of nitrogens with zero attached hydrogens (tertiary/aromatic N) is 2. The normalized spacial score (nSPS) is 13.9. The van der Waals surface area contributed by atoms with Crippen molar-refractivity contribution >= 4 is 35.6 Å². The molecule has 0 saturated heterocycles. The van der Waals surface area contributed by atoms with Gasteiger partial charge in [0.15, 0.2) is 5.82 Å². The van der Waals surface area contributed by atoms with Gasteiger partial charge < -0.3 is 36.8 Å². The smallest absolute Gasteiger partial charge is 0.326 e. The maximum Gasteiger partial charge on any atom is 0.326 e. The lowest BCUT2D eigenvalue weighted by Gasteiger charge is -2.17. The van der Waals surface area contributed by atoms with Crippen LogP contribution in [-0.2, 0) is 14.4 Å². The molecule has 156 valence electrons. The van der Waals surface area contributed by atoms with Crippen molar-refractivity contribution in [2.75, 3.05) is 12.0 Å². The quantitative estimate of drug-likeness (QED) is 0.240. The van der Waals surface area contributed by atoms with Crippen LogP contribution in [0.15, 0.2) is 4.52 Å². The van der Waals surface area contributed by atoms with E-state index in [1.807, 2.05) is 11.6 Å². The molecule has 3 amide bonds. The van der Waals surface area contributed by atoms with Gasteiger partial charge in [0.05, 0.1) is 18.9 Å². The van der Waals surface area contributed by atoms with Crippen molar-refractivity contribution in [2.24, 2.45) is 11.5 Å². The number of urea groups is 1. The Morgan fingerprint density at radius 2 is 1.89 bits per heavy atom. The van der Waals surface area contributed by atoms with Crippen LogP contribution >= 0.6 is 11.8 Å². The summed E-state index contributed by atoms with van der Waals surface area (Å²) in [7, 11) is 0. The molecule has 0 aliphatic carbocycles. The predicted molar refractivity (Wildman–Crippen MR) is 96.1 cm³/mol. The lowest BCUT2D eigenvalue weighted by Crippen LogP contribution is -2.48. The van der Waals surface area contributed by atoms with E-state index >= 15 is 0 Å². The first-order chi connectivity index (χ1) is 13.1. The summed E-state index contributed by atoms with van der Waals surface area (Å²) in [5.41, 5.74) is 11.1. The number of amides is 3. The number of carbonyl (C=O) groups is 4. The standard InChI is InChI=1S/C14H22N6O7S/c1-28-3-2-6(15)11-19-12(27-20-11)7(4-9(16)21)17-14(26)18-8(13(24)25)5-10(22)23/h6-8H,2-5,15H2,1H3,(H2,16,21)(H,22,23)(H,24,25)(H2,17,18,26)/t6-,7-,8-/m0/s1. The van der Waals surface area contributed by atoms with Crippen LogP contribution in [0.3, 0.4) is 0 Å². The lowest BCUT2D eigenvalue weighted by molar-refractivity contribution is -0.145. The van der Waals surface area contributed by atoms with Gasteiger partial charge in [-0.2, -0.15) is 16.7 Å². The molecule has 0 saturated carbocycles. The first kappa shape index (κ1) is 23.2. The van der Waals surface area contributed by atoms with Gasteiger partial charge in [-0.05, 0) is 18.4 Å². The van der Waals surface area contributed by atoms with Crippen LogP contribution in [0.5, 0.6) is 0 Å². The van der Waals surface area contributed by atoms with Gasteiger partial charge in [-0.1, -0.05) is 5.16 Å². The molecule has 0 unspecified atom stereocenters. The molecule has 14 heteroatoms. The first-order valence-electron chi connectivity index (χ1n) is 8.02. The summed E-state index contributed by atoms with van der Waals surface area (Å²) >= 11 is 1.58. The maximum absolute atomic E-state index is 12.0. The van der Waals surface area contributed by atoms with Crippen LogP contribution < -0.4 is 22.1 Å². The zero-order valence-electron chi connectivity index (χ0n) is 15.0. The Bertz CT molecular complexity index is 712. The summed E-state index contributed by atoms with van der Waals surface area (Å²) in [6.45, 7) is 0. The molecule has 1 aromatic rings. The van der Waals surface area contributed by atoms with Gasteiger partial charge >= 0.3 is 18.0 Å². The van der Waals surface area contributed by atoms with E-state index in [4.69, 9.17) is 26.2 Å². The maximum atomic E-state index is 12.0. The van der Waals surface area contributed by atoms with Gasteiger partial charge in [0, 0.05) is 0 Å². The average Bonchev–Trinajstić information content (AvgIpc) is 3.07. The molecule has 0 aliphatic rings. The number of carboxylic acid groups (broad SMARTS) is 2. The third kappa shape index (κ3) is 7.79. The van der Waals surface area contributed by atoms with E-state index in [2.05, 4.69) is 15.5 Å². The largest absolute Gasteiger partial charge is 0.481 e. The number of nitrogens with two attached hydrogens (primary N) is 2. The number of carbonyl (C=O) groups excluding carboxylic acids is 2. The van der Waals surface area contributed by atoms with E-state index in [9.17, 15) is 19.2 Å². The van der Waals surface area contributed by atoms with E-state index in [-0.39, 0.29) is 11.7 Å². The minimum Gasteiger partial charge on any atom is -0.481 e. The van der Waals surface area contributed by atoms with Crippen LogP contribution in [-0.4, -0.2) is 62.3 Å². The first-order valence-corrected chi connectivity index (χ1v) is 9.41. The topological polar surface area (TPSA) is 224 Å². The molecule has 13 nitrogen and oxygen atoms in total. The Labute approximate surface area is 163 Å². The van der Waals surface area contributed by atoms with Crippen molar-refractivity contribution < 1.29 is 33.9 Å². The minimum absolute atomic E-state index is 0.145. The number of thioether (sulfide) groups is 1. The Hall–Kier alpha value is -2.87. The summed E-state index contributed by atoms with van der Waals surface area (Å²) in [5.74, 6) is -2.96. The van der Waals surface area contributed by atoms with Crippen molar-refractivity contribution in [1.82, 2.24) is 20.8 Å². The number of carboxylic acids is 2. The van der Waals surface area contributed by atoms with Crippen LogP contribution in [0.4, 0.5) is 4.79 Å². The number of hydrogen-bond acceptors (Lipinski definition) is 9. The number of hydrogen-bond donors (Lipinski definition) is 6. The van der Waals surface area contributed by atoms with Crippen molar-refractivity contribution in [3.8, 4) is 0 Å². The number of primary amides is 1. The molecule has 1 aromatic heterocycles. The van der Waals surface area contributed by atoms with Gasteiger partial charge in [-0.3, -0.25) is 9.59 Å². The van der Waals surface area contributed by atoms with E-state index < -0.39 is 54.8 Å². The molecule has 1 rings (SSSR count). The number of aliphatic carboxylic acids is 2. The van der Waals surface area contributed by atoms with E-state index in [1.54, 1.807) is 11.8 Å². The molecule has 0 radical (unpaired) electrons. The van der Waals surface area contributed by atoms with Crippen LogP contribution in [0.2, 0.25) is 0 Å². The second-order valence-electron chi connectivity index (χ2n) is 5.71. The molecule has 0 bridgehead atoms. The molecule has 0 aromatic carbocycles. The molecule has 28 heavy (non-hydrogen) atoms. The van der Waals surface area contributed by atoms with Crippen molar-refractivity contribution in [2.45, 2.75) is 37.4 Å². The zero-order valence-corrected chi connectivity index (χ0v) is 15.8. The molecule has 3 atom stereocenters. The molecule has 0 spiro atoms. The number of nitrogens with one attached hydrogen (secondary N) is 2. The van der Waals surface area contributed by atoms with Gasteiger partial charge in [0.25, 0.3) is 0 Å². The Balaban J connectivity index is 2.86. The second-order valence-corrected chi connectivity index (χ2v) is 6.69. The van der Waals surface area contributed by atoms with Gasteiger partial charge in [0.2, 0.25) is 11.8 Å². The highest BCUT2D eigenvalue weighted by molar-refractivity contribution is 7.98. The van der Waals surface area contributed by atoms with Gasteiger partial charge in [-0.25, -0.2) is 9.59 Å². The SMILES string of the molecule is CSCC[C@H](N)c1noc([C@H](CC(N)=O)NC(=O)N[C@@H](CC(=O)O)C(=O)O)n1. The zero-order chi connectivity index (χ0) is 21.3. The van der Waals surface area contributed by atoms with Crippen LogP contribution in [0, 0.1) is 0 Å². The highest BCUT2D eigenvalue weighted by Crippen LogP contribution is 2.18. The molecule has 0 aliphatic heterocycles. The predicted octanol–water partition coefficient (Wildman–Crippen LogP) is -1.03. The Kier molecular flexibility index (Phi) is 9.17. The fourth-order valence-electron chi connectivity index (χ4n) is 2.05. The second kappa shape index (κ2) is 11.1. The van der Waals surface area contributed by atoms with E-state index in [1.165, 1.54) is 0 Å². The monoisotopic (exact) mass is 418 g/mol. The molecular formula is C14H22N6O7S. The lowest BCUT2D eigenvalue weighted by atomic mass is 10.2. The highest BCUT2D eigenvalue weighted by Gasteiger charge is 2.28. The summed E-state index contributed by atoms with van der Waals surface area (Å²) in [6, 6.07) is -4.39. The van der Waals surface area contributed by atoms with Crippen molar-refractivity contribution in [1.29, 1.82) is 0 Å². The van der Waals surface area contributed by atoms with Crippen LogP contribution in [0.25, 0.3) is 0 Å². The Morgan fingerprint density at radius 3 is 2.43 bits per heavy atom. The summed E-state index contributed by atoms with van der Waals surface area (Å²) in [6.07, 6.45) is 1.24. The highest BCUT2D eigenvalue weighted by atomic mass is 32.2. The molecule has 8 N–H and O–H groups in total. The Morgan fingerprint density at radius 1 is 1.21 bits per heavy atom. The van der Waals surface area contributed by atoms with Crippen LogP contribution in [0.1, 0.15) is 43.1 Å². The summed E-state index contributed by atoms with van der Waals surface area (Å²) in [5, 5.41) is 25.6. The van der Waals surface area contributed by atoms with Crippen molar-refractivity contribution in [3.05, 3.63) is 11.7 Å². The third-order valence-corrected chi connectivity index (χ3v) is 4.06. The third-order valence-electron chi connectivity index (χ3n) is 3.41. The fourth-order valence-corrected chi connectivity index (χ4v) is 2.54. The average molecular weight is 418 g/mol. The van der Waals surface area contributed by atoms with E-state index in [0.717, 1.165) is 5.75 Å². The number of rotatable bonds is 12. The van der Waals surface area contributed by atoms with Gasteiger partial charge in [0.1, 0.15) is 12.1 Å². The summed E-state index contributed by atoms with van der Waals surface area (Å²) in [4.78, 5) is 49.1. The minimum atomic E-state index is -1.68. The van der Waals surface area contributed by atoms with E-state index in [0.29, 0.717) is 6.42 Å².